The third-order valence-electron chi connectivity index (χ3n) is 1.62. The number of amides is 1. The van der Waals surface area contributed by atoms with Crippen LogP contribution in [0.3, 0.4) is 0 Å². The third-order valence-corrected chi connectivity index (χ3v) is 1.62. The van der Waals surface area contributed by atoms with E-state index < -0.39 is 5.91 Å². The molecular weight excluding hydrogens is 160 g/mol. The summed E-state index contributed by atoms with van der Waals surface area (Å²) < 4.78 is 5.18. The average molecular weight is 174 g/mol. The number of nitrogens with two attached hydrogens (primary N) is 1. The Morgan fingerprint density at radius 2 is 2.58 bits per heavy atom. The van der Waals surface area contributed by atoms with E-state index in [0.29, 0.717) is 6.61 Å². The number of ether oxygens (including phenoxy) is 1. The Morgan fingerprint density at radius 3 is 3.17 bits per heavy atom. The Hall–Kier alpha value is -0.650. The minimum atomic E-state index is -0.473. The summed E-state index contributed by atoms with van der Waals surface area (Å²) >= 11 is 0. The molecule has 0 spiro atoms. The van der Waals surface area contributed by atoms with E-state index in [2.05, 4.69) is 5.48 Å². The normalized spacial score (nSPS) is 23.8. The molecule has 5 heteroatoms. The fourth-order valence-corrected chi connectivity index (χ4v) is 1.06. The van der Waals surface area contributed by atoms with Crippen molar-refractivity contribution in [2.75, 3.05) is 19.8 Å². The first kappa shape index (κ1) is 9.44. The predicted molar refractivity (Wildman–Crippen MR) is 42.1 cm³/mol. The lowest BCUT2D eigenvalue weighted by atomic mass is 10.1. The van der Waals surface area contributed by atoms with E-state index in [1.54, 1.807) is 0 Å². The first-order chi connectivity index (χ1) is 5.79. The molecule has 0 saturated carbocycles. The molecule has 1 aliphatic heterocycles. The standard InChI is InChI=1S/C7H14N2O3/c8-7(10)5-12-9-6-2-1-3-11-4-6/h6,9H,1-5H2,(H2,8,10). The van der Waals surface area contributed by atoms with Gasteiger partial charge in [-0.05, 0) is 12.8 Å². The highest BCUT2D eigenvalue weighted by Gasteiger charge is 2.13. The van der Waals surface area contributed by atoms with Crippen LogP contribution in [0.15, 0.2) is 0 Å². The number of hydroxylamine groups is 1. The van der Waals surface area contributed by atoms with Gasteiger partial charge >= 0.3 is 0 Å². The van der Waals surface area contributed by atoms with Gasteiger partial charge in [0.15, 0.2) is 0 Å². The van der Waals surface area contributed by atoms with Gasteiger partial charge in [0.2, 0.25) is 5.91 Å². The van der Waals surface area contributed by atoms with Crippen LogP contribution < -0.4 is 11.2 Å². The van der Waals surface area contributed by atoms with Crippen molar-refractivity contribution in [2.24, 2.45) is 5.73 Å². The zero-order valence-electron chi connectivity index (χ0n) is 6.91. The second kappa shape index (κ2) is 5.08. The van der Waals surface area contributed by atoms with Gasteiger partial charge in [0.05, 0.1) is 12.6 Å². The van der Waals surface area contributed by atoms with Crippen molar-refractivity contribution < 1.29 is 14.4 Å². The Kier molecular flexibility index (Phi) is 3.99. The fraction of sp³-hybridized carbons (Fsp3) is 0.857. The Bertz CT molecular complexity index is 146. The van der Waals surface area contributed by atoms with Gasteiger partial charge in [0.1, 0.15) is 6.61 Å². The van der Waals surface area contributed by atoms with E-state index in [-0.39, 0.29) is 12.6 Å². The average Bonchev–Trinajstić information content (AvgIpc) is 2.05. The third kappa shape index (κ3) is 3.66. The molecule has 1 fully saturated rings. The summed E-state index contributed by atoms with van der Waals surface area (Å²) in [5, 5.41) is 0. The summed E-state index contributed by atoms with van der Waals surface area (Å²) in [6.07, 6.45) is 2.04. The number of hydrogen-bond donors (Lipinski definition) is 2. The van der Waals surface area contributed by atoms with Crippen LogP contribution in [0.25, 0.3) is 0 Å². The molecule has 1 rings (SSSR count). The van der Waals surface area contributed by atoms with Crippen molar-refractivity contribution in [1.29, 1.82) is 0 Å². The molecule has 12 heavy (non-hydrogen) atoms. The first-order valence-electron chi connectivity index (χ1n) is 4.02. The highest BCUT2D eigenvalue weighted by atomic mass is 16.6. The molecule has 0 aliphatic carbocycles. The Morgan fingerprint density at radius 1 is 1.75 bits per heavy atom. The van der Waals surface area contributed by atoms with Crippen molar-refractivity contribution in [3.8, 4) is 0 Å². The van der Waals surface area contributed by atoms with Gasteiger partial charge in [0.25, 0.3) is 0 Å². The van der Waals surface area contributed by atoms with Crippen LogP contribution in [-0.4, -0.2) is 31.8 Å². The van der Waals surface area contributed by atoms with Crippen LogP contribution >= 0.6 is 0 Å². The number of primary amides is 1. The van der Waals surface area contributed by atoms with Gasteiger partial charge < -0.3 is 10.5 Å². The monoisotopic (exact) mass is 174 g/mol. The Labute approximate surface area is 71.2 Å². The predicted octanol–water partition coefficient (Wildman–Crippen LogP) is -0.828. The maximum atomic E-state index is 10.3. The Balaban J connectivity index is 2.01. The number of carbonyl (C=O) groups is 1. The number of carbonyl (C=O) groups excluding carboxylic acids is 1. The van der Waals surface area contributed by atoms with Gasteiger partial charge in [-0.25, -0.2) is 0 Å². The van der Waals surface area contributed by atoms with E-state index in [9.17, 15) is 4.79 Å². The zero-order chi connectivity index (χ0) is 8.81. The minimum Gasteiger partial charge on any atom is -0.380 e. The van der Waals surface area contributed by atoms with Gasteiger partial charge in [-0.2, -0.15) is 5.48 Å². The highest BCUT2D eigenvalue weighted by molar-refractivity contribution is 5.74. The van der Waals surface area contributed by atoms with E-state index in [0.717, 1.165) is 19.4 Å². The molecule has 0 radical (unpaired) electrons. The molecule has 1 aliphatic rings. The molecule has 0 aromatic carbocycles. The molecule has 1 heterocycles. The van der Waals surface area contributed by atoms with E-state index >= 15 is 0 Å². The lowest BCUT2D eigenvalue weighted by molar-refractivity contribution is -0.127. The molecule has 3 N–H and O–H groups in total. The van der Waals surface area contributed by atoms with Crippen LogP contribution in [0.1, 0.15) is 12.8 Å². The van der Waals surface area contributed by atoms with E-state index in [4.69, 9.17) is 15.3 Å². The van der Waals surface area contributed by atoms with Crippen LogP contribution in [0, 0.1) is 0 Å². The molecular formula is C7H14N2O3. The molecule has 1 amide bonds. The molecule has 1 unspecified atom stereocenters. The summed E-state index contributed by atoms with van der Waals surface area (Å²) in [5.74, 6) is -0.473. The topological polar surface area (TPSA) is 73.6 Å². The first-order valence-corrected chi connectivity index (χ1v) is 4.02. The lowest BCUT2D eigenvalue weighted by Gasteiger charge is -2.22. The summed E-state index contributed by atoms with van der Waals surface area (Å²) in [4.78, 5) is 15.1. The summed E-state index contributed by atoms with van der Waals surface area (Å²) in [7, 11) is 0. The summed E-state index contributed by atoms with van der Waals surface area (Å²) in [5.41, 5.74) is 7.60. The second-order valence-corrected chi connectivity index (χ2v) is 2.79. The zero-order valence-corrected chi connectivity index (χ0v) is 6.91. The van der Waals surface area contributed by atoms with Gasteiger partial charge in [-0.3, -0.25) is 9.63 Å². The van der Waals surface area contributed by atoms with Crippen LogP contribution in [0.4, 0.5) is 0 Å². The van der Waals surface area contributed by atoms with Crippen molar-refractivity contribution in [2.45, 2.75) is 18.9 Å². The molecule has 1 atom stereocenters. The molecule has 5 nitrogen and oxygen atoms in total. The number of rotatable bonds is 4. The van der Waals surface area contributed by atoms with Crippen LogP contribution in [-0.2, 0) is 14.4 Å². The molecule has 0 aromatic rings. The quantitative estimate of drug-likeness (QED) is 0.546. The second-order valence-electron chi connectivity index (χ2n) is 2.79. The lowest BCUT2D eigenvalue weighted by Crippen LogP contribution is -2.38. The molecule has 0 aromatic heterocycles. The maximum absolute atomic E-state index is 10.3. The van der Waals surface area contributed by atoms with Crippen molar-refractivity contribution >= 4 is 5.91 Å². The fourth-order valence-electron chi connectivity index (χ4n) is 1.06. The molecule has 1 saturated heterocycles. The van der Waals surface area contributed by atoms with Gasteiger partial charge in [0, 0.05) is 6.61 Å². The van der Waals surface area contributed by atoms with Crippen LogP contribution in [0.2, 0.25) is 0 Å². The van der Waals surface area contributed by atoms with Crippen molar-refractivity contribution in [1.82, 2.24) is 5.48 Å². The van der Waals surface area contributed by atoms with Crippen molar-refractivity contribution in [3.05, 3.63) is 0 Å². The van der Waals surface area contributed by atoms with E-state index in [1.807, 2.05) is 0 Å². The SMILES string of the molecule is NC(=O)CONC1CCCOC1. The summed E-state index contributed by atoms with van der Waals surface area (Å²) in [6.45, 7) is 1.36. The minimum absolute atomic E-state index is 0.0868. The van der Waals surface area contributed by atoms with Crippen LogP contribution in [0.5, 0.6) is 0 Å². The smallest absolute Gasteiger partial charge is 0.245 e. The van der Waals surface area contributed by atoms with Crippen molar-refractivity contribution in [3.63, 3.8) is 0 Å². The van der Waals surface area contributed by atoms with E-state index in [1.165, 1.54) is 0 Å². The number of nitrogens with one attached hydrogen (secondary N) is 1. The molecule has 0 bridgehead atoms. The van der Waals surface area contributed by atoms with Gasteiger partial charge in [-0.1, -0.05) is 0 Å². The maximum Gasteiger partial charge on any atom is 0.245 e. The molecule has 70 valence electrons. The highest BCUT2D eigenvalue weighted by Crippen LogP contribution is 2.04. The summed E-state index contributed by atoms with van der Waals surface area (Å²) in [6, 6.07) is 0.193. The number of hydrogen-bond acceptors (Lipinski definition) is 4. The largest absolute Gasteiger partial charge is 0.380 e. The van der Waals surface area contributed by atoms with Gasteiger partial charge in [-0.15, -0.1) is 0 Å².